The van der Waals surface area contributed by atoms with E-state index in [1.807, 2.05) is 17.0 Å². The van der Waals surface area contributed by atoms with Gasteiger partial charge in [-0.25, -0.2) is 0 Å². The summed E-state index contributed by atoms with van der Waals surface area (Å²) >= 11 is 6.73. The number of benzene rings is 2. The minimum Gasteiger partial charge on any atom is -0.462 e. The van der Waals surface area contributed by atoms with Crippen LogP contribution in [0.25, 0.3) is 10.8 Å². The molecule has 246 valence electrons. The van der Waals surface area contributed by atoms with E-state index in [0.29, 0.717) is 64.0 Å². The number of carbonyl (C=O) groups is 1. The lowest BCUT2D eigenvalue weighted by atomic mass is 9.99. The van der Waals surface area contributed by atoms with Crippen LogP contribution in [-0.4, -0.2) is 110 Å². The molecular weight excluding hydrogens is 618 g/mol. The number of epoxide rings is 1. The van der Waals surface area contributed by atoms with Crippen molar-refractivity contribution in [2.75, 3.05) is 69.4 Å². The van der Waals surface area contributed by atoms with Gasteiger partial charge < -0.3 is 33.8 Å². The fourth-order valence-electron chi connectivity index (χ4n) is 7.73. The summed E-state index contributed by atoms with van der Waals surface area (Å²) in [5.74, 6) is 1.13. The van der Waals surface area contributed by atoms with E-state index >= 15 is 0 Å². The van der Waals surface area contributed by atoms with E-state index in [1.165, 1.54) is 0 Å². The summed E-state index contributed by atoms with van der Waals surface area (Å²) in [6.07, 6.45) is 2.75. The van der Waals surface area contributed by atoms with Crippen molar-refractivity contribution in [3.05, 3.63) is 52.7 Å². The first-order valence-electron chi connectivity index (χ1n) is 16.8. The van der Waals surface area contributed by atoms with Crippen LogP contribution < -0.4 is 14.5 Å². The fraction of sp³-hybridized carbons (Fsp3) is 0.543. The lowest BCUT2D eigenvalue weighted by Gasteiger charge is -2.42. The highest BCUT2D eigenvalue weighted by Crippen LogP contribution is 2.39. The summed E-state index contributed by atoms with van der Waals surface area (Å²) in [4.78, 5) is 32.3. The van der Waals surface area contributed by atoms with E-state index in [9.17, 15) is 10.1 Å². The fourth-order valence-corrected chi connectivity index (χ4v) is 8.01. The van der Waals surface area contributed by atoms with Crippen LogP contribution in [0, 0.1) is 17.2 Å². The summed E-state index contributed by atoms with van der Waals surface area (Å²) in [6.45, 7) is 5.90. The molecule has 6 heterocycles. The summed E-state index contributed by atoms with van der Waals surface area (Å²) in [7, 11) is 2.14. The molecule has 47 heavy (non-hydrogen) atoms. The van der Waals surface area contributed by atoms with E-state index < -0.39 is 6.10 Å². The Morgan fingerprint density at radius 1 is 1.09 bits per heavy atom. The number of amides is 1. The van der Waals surface area contributed by atoms with E-state index in [1.54, 1.807) is 0 Å². The van der Waals surface area contributed by atoms with E-state index in [0.717, 1.165) is 70.9 Å². The van der Waals surface area contributed by atoms with Gasteiger partial charge in [0.2, 0.25) is 0 Å². The van der Waals surface area contributed by atoms with Crippen molar-refractivity contribution < 1.29 is 19.0 Å². The number of ether oxygens (including phenoxy) is 3. The van der Waals surface area contributed by atoms with Gasteiger partial charge in [-0.3, -0.25) is 4.79 Å². The number of carbonyl (C=O) groups excluding carboxylic acids is 1. The highest BCUT2D eigenvalue weighted by atomic mass is 35.5. The van der Waals surface area contributed by atoms with Crippen molar-refractivity contribution in [1.82, 2.24) is 19.8 Å². The summed E-state index contributed by atoms with van der Waals surface area (Å²) in [5.41, 5.74) is 3.13. The van der Waals surface area contributed by atoms with Crippen molar-refractivity contribution in [3.63, 3.8) is 0 Å². The van der Waals surface area contributed by atoms with Gasteiger partial charge in [-0.1, -0.05) is 35.9 Å². The standard InChI is InChI=1S/C35H40ClN7O4/c1-40-13-4-7-25(40)21-46-35-38-28-18-41(29-9-3-6-22-5-2-8-27(36)30(22)29)14-11-26(28)33(39-35)42-15-16-43(24(17-42)10-12-37)34(44)32-31(47-32)23-19-45-20-23/h2-3,5-6,8-9,23-25,31-32H,4,7,10-11,13-21H2,1H3/t24-,25-,31-,32-/m0/s1. The second-order valence-corrected chi connectivity index (χ2v) is 13.8. The SMILES string of the molecule is CN1CCC[C@H]1COc1nc2c(c(N3CCN(C(=O)[C@H]4O[C@H]4C4COC4)[C@@H](CC#N)C3)n1)CCN(c1cccc3cccc(Cl)c13)C2. The maximum atomic E-state index is 13.5. The third-order valence-electron chi connectivity index (χ3n) is 10.6. The Morgan fingerprint density at radius 2 is 1.94 bits per heavy atom. The van der Waals surface area contributed by atoms with Gasteiger partial charge in [0.1, 0.15) is 18.5 Å². The largest absolute Gasteiger partial charge is 0.462 e. The maximum Gasteiger partial charge on any atom is 0.318 e. The molecule has 1 amide bonds. The van der Waals surface area contributed by atoms with Crippen LogP contribution in [0.15, 0.2) is 36.4 Å². The molecule has 4 atom stereocenters. The van der Waals surface area contributed by atoms with Gasteiger partial charge in [0.05, 0.1) is 49.0 Å². The minimum absolute atomic E-state index is 0.0133. The van der Waals surface area contributed by atoms with Crippen molar-refractivity contribution in [2.24, 2.45) is 5.92 Å². The van der Waals surface area contributed by atoms with Crippen LogP contribution >= 0.6 is 11.6 Å². The number of nitrogens with zero attached hydrogens (tertiary/aromatic N) is 7. The Bertz CT molecular complexity index is 1710. The molecule has 0 unspecified atom stereocenters. The van der Waals surface area contributed by atoms with Gasteiger partial charge in [0.25, 0.3) is 5.91 Å². The number of piperazine rings is 1. The number of fused-ring (bicyclic) bond motifs is 2. The van der Waals surface area contributed by atoms with Crippen LogP contribution in [0.1, 0.15) is 30.5 Å². The molecule has 5 aliphatic rings. The van der Waals surface area contributed by atoms with Crippen LogP contribution in [-0.2, 0) is 27.2 Å². The smallest absolute Gasteiger partial charge is 0.318 e. The Labute approximate surface area is 279 Å². The molecule has 0 bridgehead atoms. The molecule has 8 rings (SSSR count). The quantitative estimate of drug-likeness (QED) is 0.333. The van der Waals surface area contributed by atoms with Crippen molar-refractivity contribution in [1.29, 1.82) is 5.26 Å². The zero-order valence-corrected chi connectivity index (χ0v) is 27.4. The molecule has 2 aromatic carbocycles. The zero-order chi connectivity index (χ0) is 32.1. The molecule has 12 heteroatoms. The van der Waals surface area contributed by atoms with Crippen molar-refractivity contribution >= 4 is 39.8 Å². The molecule has 1 aromatic heterocycles. The van der Waals surface area contributed by atoms with Crippen molar-refractivity contribution in [2.45, 2.75) is 56.5 Å². The van der Waals surface area contributed by atoms with Crippen LogP contribution in [0.2, 0.25) is 5.02 Å². The van der Waals surface area contributed by atoms with Gasteiger partial charge in [-0.15, -0.1) is 0 Å². The van der Waals surface area contributed by atoms with E-state index in [2.05, 4.69) is 52.1 Å². The number of anilines is 2. The number of aromatic nitrogens is 2. The van der Waals surface area contributed by atoms with E-state index in [-0.39, 0.29) is 24.5 Å². The number of hydrogen-bond acceptors (Lipinski definition) is 10. The second kappa shape index (κ2) is 12.7. The molecular formula is C35H40ClN7O4. The number of halogens is 1. The van der Waals surface area contributed by atoms with Crippen LogP contribution in [0.3, 0.4) is 0 Å². The minimum atomic E-state index is -0.425. The molecule has 0 radical (unpaired) electrons. The number of nitriles is 1. The third-order valence-corrected chi connectivity index (χ3v) is 10.9. The molecule has 3 aromatic rings. The van der Waals surface area contributed by atoms with Gasteiger partial charge in [0.15, 0.2) is 6.10 Å². The van der Waals surface area contributed by atoms with Crippen LogP contribution in [0.4, 0.5) is 11.5 Å². The first kappa shape index (κ1) is 30.6. The molecule has 11 nitrogen and oxygen atoms in total. The molecule has 0 saturated carbocycles. The molecule has 0 N–H and O–H groups in total. The highest BCUT2D eigenvalue weighted by Gasteiger charge is 2.54. The molecule has 5 aliphatic heterocycles. The Balaban J connectivity index is 1.08. The van der Waals surface area contributed by atoms with Gasteiger partial charge in [0, 0.05) is 54.8 Å². The number of likely N-dealkylation sites (tertiary alicyclic amines) is 1. The Morgan fingerprint density at radius 3 is 2.70 bits per heavy atom. The van der Waals surface area contributed by atoms with Crippen LogP contribution in [0.5, 0.6) is 6.01 Å². The Kier molecular flexibility index (Phi) is 8.30. The Hall–Kier alpha value is -3.69. The molecule has 4 saturated heterocycles. The lowest BCUT2D eigenvalue weighted by molar-refractivity contribution is -0.135. The van der Waals surface area contributed by atoms with Crippen molar-refractivity contribution in [3.8, 4) is 12.1 Å². The number of likely N-dealkylation sites (N-methyl/N-ethyl adjacent to an activating group) is 1. The topological polar surface area (TPSA) is 111 Å². The second-order valence-electron chi connectivity index (χ2n) is 13.4. The third kappa shape index (κ3) is 5.86. The molecule has 4 fully saturated rings. The average Bonchev–Trinajstić information content (AvgIpc) is 3.72. The first-order valence-corrected chi connectivity index (χ1v) is 17.2. The van der Waals surface area contributed by atoms with Gasteiger partial charge in [-0.2, -0.15) is 15.2 Å². The first-order chi connectivity index (χ1) is 23.0. The van der Waals surface area contributed by atoms with Gasteiger partial charge in [-0.05, 0) is 50.4 Å². The maximum absolute atomic E-state index is 13.5. The molecule has 0 spiro atoms. The number of hydrogen-bond donors (Lipinski definition) is 0. The van der Waals surface area contributed by atoms with Gasteiger partial charge >= 0.3 is 6.01 Å². The lowest BCUT2D eigenvalue weighted by Crippen LogP contribution is -2.57. The zero-order valence-electron chi connectivity index (χ0n) is 26.7. The summed E-state index contributed by atoms with van der Waals surface area (Å²) in [5, 5.41) is 12.6. The predicted octanol–water partition coefficient (Wildman–Crippen LogP) is 3.66. The predicted molar refractivity (Wildman–Crippen MR) is 178 cm³/mol. The normalized spacial score (nSPS) is 26.2. The summed E-state index contributed by atoms with van der Waals surface area (Å²) in [6, 6.07) is 15.1. The van der Waals surface area contributed by atoms with E-state index in [4.69, 9.17) is 35.8 Å². The monoisotopic (exact) mass is 657 g/mol. The molecule has 0 aliphatic carbocycles. The highest BCUT2D eigenvalue weighted by molar-refractivity contribution is 6.36. The average molecular weight is 658 g/mol. The summed E-state index contributed by atoms with van der Waals surface area (Å²) < 4.78 is 17.4. The number of rotatable bonds is 8.